The zero-order chi connectivity index (χ0) is 12.1. The van der Waals surface area contributed by atoms with Gasteiger partial charge in [0, 0.05) is 10.9 Å². The van der Waals surface area contributed by atoms with Crippen LogP contribution in [0.25, 0.3) is 11.3 Å². The van der Waals surface area contributed by atoms with E-state index >= 15 is 0 Å². The van der Waals surface area contributed by atoms with E-state index in [2.05, 4.69) is 33.0 Å². The van der Waals surface area contributed by atoms with Gasteiger partial charge in [0.15, 0.2) is 5.11 Å². The summed E-state index contributed by atoms with van der Waals surface area (Å²) in [5.41, 5.74) is 9.50. The SMILES string of the molecule is NC(=S)N/N=N/c1nc(-c2ccccc2)cs1. The summed E-state index contributed by atoms with van der Waals surface area (Å²) in [5, 5.41) is 10.00. The predicted molar refractivity (Wildman–Crippen MR) is 72.0 cm³/mol. The minimum atomic E-state index is 0.0774. The fourth-order valence-electron chi connectivity index (χ4n) is 1.17. The van der Waals surface area contributed by atoms with Crippen molar-refractivity contribution < 1.29 is 0 Å². The first kappa shape index (κ1) is 11.6. The van der Waals surface area contributed by atoms with Crippen LogP contribution in [-0.4, -0.2) is 10.1 Å². The molecule has 2 aromatic rings. The Kier molecular flexibility index (Phi) is 3.73. The second-order valence-corrected chi connectivity index (χ2v) is 4.33. The van der Waals surface area contributed by atoms with Crippen molar-refractivity contribution in [3.63, 3.8) is 0 Å². The maximum absolute atomic E-state index is 5.20. The average molecular weight is 263 g/mol. The largest absolute Gasteiger partial charge is 0.375 e. The molecule has 0 aliphatic carbocycles. The number of hydrogen-bond acceptors (Lipinski definition) is 5. The molecule has 5 nitrogen and oxygen atoms in total. The average Bonchev–Trinajstić information content (AvgIpc) is 2.78. The number of benzene rings is 1. The van der Waals surface area contributed by atoms with Crippen molar-refractivity contribution in [2.45, 2.75) is 0 Å². The summed E-state index contributed by atoms with van der Waals surface area (Å²) < 4.78 is 0. The van der Waals surface area contributed by atoms with E-state index in [1.165, 1.54) is 11.3 Å². The molecule has 1 aromatic carbocycles. The Morgan fingerprint density at radius 1 is 1.35 bits per heavy atom. The Bertz CT molecular complexity index is 535. The molecule has 2 rings (SSSR count). The second kappa shape index (κ2) is 5.46. The Labute approximate surface area is 107 Å². The summed E-state index contributed by atoms with van der Waals surface area (Å²) in [5.74, 6) is 0. The maximum Gasteiger partial charge on any atom is 0.232 e. The summed E-state index contributed by atoms with van der Waals surface area (Å²) in [4.78, 5) is 4.31. The molecule has 0 fully saturated rings. The molecule has 0 aliphatic heterocycles. The van der Waals surface area contributed by atoms with Gasteiger partial charge < -0.3 is 5.73 Å². The van der Waals surface area contributed by atoms with Crippen molar-refractivity contribution in [1.82, 2.24) is 10.4 Å². The second-order valence-electron chi connectivity index (χ2n) is 3.06. The number of aromatic nitrogens is 1. The topological polar surface area (TPSA) is 75.7 Å². The van der Waals surface area contributed by atoms with Crippen LogP contribution in [0.3, 0.4) is 0 Å². The van der Waals surface area contributed by atoms with E-state index in [1.54, 1.807) is 0 Å². The van der Waals surface area contributed by atoms with Gasteiger partial charge in [-0.05, 0) is 12.2 Å². The molecule has 3 N–H and O–H groups in total. The highest BCUT2D eigenvalue weighted by atomic mass is 32.1. The van der Waals surface area contributed by atoms with Gasteiger partial charge >= 0.3 is 0 Å². The molecule has 17 heavy (non-hydrogen) atoms. The Morgan fingerprint density at radius 2 is 2.12 bits per heavy atom. The van der Waals surface area contributed by atoms with E-state index in [1.807, 2.05) is 35.7 Å². The highest BCUT2D eigenvalue weighted by Crippen LogP contribution is 2.26. The zero-order valence-electron chi connectivity index (χ0n) is 8.70. The summed E-state index contributed by atoms with van der Waals surface area (Å²) in [6, 6.07) is 9.86. The fourth-order valence-corrected chi connectivity index (χ4v) is 1.85. The lowest BCUT2D eigenvalue weighted by molar-refractivity contribution is 0.918. The monoisotopic (exact) mass is 263 g/mol. The highest BCUT2D eigenvalue weighted by Gasteiger charge is 2.02. The van der Waals surface area contributed by atoms with Crippen LogP contribution in [0.5, 0.6) is 0 Å². The third kappa shape index (κ3) is 3.30. The van der Waals surface area contributed by atoms with Crippen LogP contribution in [0, 0.1) is 0 Å². The first-order chi connectivity index (χ1) is 8.25. The lowest BCUT2D eigenvalue weighted by Crippen LogP contribution is -2.23. The molecule has 0 spiro atoms. The first-order valence-electron chi connectivity index (χ1n) is 4.73. The molecular weight excluding hydrogens is 254 g/mol. The number of thiocarbonyl (C=S) groups is 1. The van der Waals surface area contributed by atoms with Crippen LogP contribution in [-0.2, 0) is 0 Å². The van der Waals surface area contributed by atoms with E-state index in [4.69, 9.17) is 5.73 Å². The van der Waals surface area contributed by atoms with E-state index in [0.29, 0.717) is 5.13 Å². The van der Waals surface area contributed by atoms with Gasteiger partial charge in [0.25, 0.3) is 0 Å². The van der Waals surface area contributed by atoms with Crippen LogP contribution in [0.1, 0.15) is 0 Å². The van der Waals surface area contributed by atoms with E-state index in [9.17, 15) is 0 Å². The van der Waals surface area contributed by atoms with Crippen molar-refractivity contribution in [1.29, 1.82) is 0 Å². The van der Waals surface area contributed by atoms with Gasteiger partial charge in [0.05, 0.1) is 5.69 Å². The van der Waals surface area contributed by atoms with Crippen LogP contribution in [0.2, 0.25) is 0 Å². The van der Waals surface area contributed by atoms with Crippen LogP contribution in [0.4, 0.5) is 5.13 Å². The van der Waals surface area contributed by atoms with E-state index < -0.39 is 0 Å². The molecule has 0 saturated carbocycles. The third-order valence-electron chi connectivity index (χ3n) is 1.86. The number of nitrogens with two attached hydrogens (primary N) is 1. The molecule has 0 aliphatic rings. The summed E-state index contributed by atoms with van der Waals surface area (Å²) in [6.45, 7) is 0. The van der Waals surface area contributed by atoms with Crippen LogP contribution >= 0.6 is 23.6 Å². The Morgan fingerprint density at radius 3 is 2.82 bits per heavy atom. The molecule has 0 saturated heterocycles. The molecule has 0 amide bonds. The van der Waals surface area contributed by atoms with Crippen molar-refractivity contribution in [3.05, 3.63) is 35.7 Å². The maximum atomic E-state index is 5.20. The normalized spacial score (nSPS) is 10.6. The van der Waals surface area contributed by atoms with E-state index in [-0.39, 0.29) is 5.11 Å². The molecule has 1 aromatic heterocycles. The standard InChI is InChI=1S/C10H9N5S2/c11-9(16)13-15-14-10-12-8(6-17-10)7-4-2-1-3-5-7/h1-6H,(H3,11,12,13,14,16). The van der Waals surface area contributed by atoms with Gasteiger partial charge in [0.2, 0.25) is 5.13 Å². The van der Waals surface area contributed by atoms with Gasteiger partial charge in [-0.25, -0.2) is 10.4 Å². The van der Waals surface area contributed by atoms with Crippen LogP contribution < -0.4 is 11.2 Å². The smallest absolute Gasteiger partial charge is 0.232 e. The van der Waals surface area contributed by atoms with Crippen molar-refractivity contribution in [2.75, 3.05) is 0 Å². The van der Waals surface area contributed by atoms with Gasteiger partial charge in [-0.3, -0.25) is 0 Å². The van der Waals surface area contributed by atoms with Gasteiger partial charge in [-0.15, -0.1) is 16.5 Å². The predicted octanol–water partition coefficient (Wildman–Crippen LogP) is 2.64. The number of nitrogens with zero attached hydrogens (tertiary/aromatic N) is 3. The highest BCUT2D eigenvalue weighted by molar-refractivity contribution is 7.80. The molecule has 86 valence electrons. The molecule has 1 heterocycles. The molecule has 7 heteroatoms. The lowest BCUT2D eigenvalue weighted by atomic mass is 10.2. The lowest BCUT2D eigenvalue weighted by Gasteiger charge is -1.93. The van der Waals surface area contributed by atoms with Gasteiger partial charge in [0.1, 0.15) is 0 Å². The quantitative estimate of drug-likeness (QED) is 0.507. The summed E-state index contributed by atoms with van der Waals surface area (Å²) in [6.07, 6.45) is 0. The minimum absolute atomic E-state index is 0.0774. The molecular formula is C10H9N5S2. The van der Waals surface area contributed by atoms with E-state index in [0.717, 1.165) is 11.3 Å². The Hall–Kier alpha value is -1.86. The minimum Gasteiger partial charge on any atom is -0.375 e. The first-order valence-corrected chi connectivity index (χ1v) is 6.01. The van der Waals surface area contributed by atoms with Gasteiger partial charge in [-0.2, -0.15) is 0 Å². The molecule has 0 unspecified atom stereocenters. The number of thiazole rings is 1. The number of nitrogens with one attached hydrogen (secondary N) is 1. The Balaban J connectivity index is 2.11. The molecule has 0 bridgehead atoms. The van der Waals surface area contributed by atoms with Crippen molar-refractivity contribution in [2.24, 2.45) is 16.1 Å². The number of hydrogen-bond donors (Lipinski definition) is 2. The van der Waals surface area contributed by atoms with Gasteiger partial charge in [-0.1, -0.05) is 35.6 Å². The third-order valence-corrected chi connectivity index (χ3v) is 2.67. The fraction of sp³-hybridized carbons (Fsp3) is 0. The number of rotatable bonds is 3. The molecule has 0 atom stereocenters. The molecule has 0 radical (unpaired) electrons. The summed E-state index contributed by atoms with van der Waals surface area (Å²) in [7, 11) is 0. The zero-order valence-corrected chi connectivity index (χ0v) is 10.3. The van der Waals surface area contributed by atoms with Crippen LogP contribution in [0.15, 0.2) is 46.0 Å². The van der Waals surface area contributed by atoms with Crippen molar-refractivity contribution in [3.8, 4) is 11.3 Å². The van der Waals surface area contributed by atoms with Crippen molar-refractivity contribution >= 4 is 33.8 Å². The summed E-state index contributed by atoms with van der Waals surface area (Å²) >= 11 is 5.99.